The molecule has 148 valence electrons. The van der Waals surface area contributed by atoms with Gasteiger partial charge >= 0.3 is 0 Å². The fourth-order valence-electron chi connectivity index (χ4n) is 5.91. The van der Waals surface area contributed by atoms with Crippen LogP contribution in [0.15, 0.2) is 37.5 Å². The van der Waals surface area contributed by atoms with Crippen molar-refractivity contribution in [2.75, 3.05) is 14.1 Å². The molecule has 0 aromatic rings. The van der Waals surface area contributed by atoms with E-state index >= 15 is 0 Å². The molecule has 2 aliphatic carbocycles. The van der Waals surface area contributed by atoms with Crippen molar-refractivity contribution in [1.82, 2.24) is 9.80 Å². The van der Waals surface area contributed by atoms with Crippen molar-refractivity contribution in [2.24, 2.45) is 47.3 Å². The average molecular weight is 382 g/mol. The quantitative estimate of drug-likeness (QED) is 0.547. The Bertz CT molecular complexity index is 749. The smallest absolute Gasteiger partial charge is 0.233 e. The Balaban J connectivity index is 1.59. The Labute approximate surface area is 164 Å². The number of fused-ring (bicyclic) bond motifs is 2. The predicted molar refractivity (Wildman–Crippen MR) is 102 cm³/mol. The number of hydrogen-bond acceptors (Lipinski definition) is 4. The monoisotopic (exact) mass is 382 g/mol. The highest BCUT2D eigenvalue weighted by Crippen LogP contribution is 2.51. The molecule has 2 heterocycles. The highest BCUT2D eigenvalue weighted by molar-refractivity contribution is 6.06. The van der Waals surface area contributed by atoms with Crippen LogP contribution in [0.25, 0.3) is 0 Å². The first-order valence-electron chi connectivity index (χ1n) is 9.88. The van der Waals surface area contributed by atoms with E-state index in [1.165, 1.54) is 9.80 Å². The zero-order chi connectivity index (χ0) is 20.3. The first-order chi connectivity index (χ1) is 13.3. The van der Waals surface area contributed by atoms with Crippen LogP contribution in [0.1, 0.15) is 12.8 Å². The van der Waals surface area contributed by atoms with Crippen LogP contribution in [0.2, 0.25) is 0 Å². The maximum Gasteiger partial charge on any atom is 0.233 e. The standard InChI is InChI=1S/C22H26N2O4/c1-5-11-9-13(17-15(11)19(25)23(3)21(17)27)7-8-14-10-12(6-2)16-18(14)22(28)24(4)20(16)26/h5-8,11-18H,1-2,9-10H2,3-4H3/b8-7+. The minimum absolute atomic E-state index is 0.0147. The van der Waals surface area contributed by atoms with Gasteiger partial charge in [0, 0.05) is 14.1 Å². The number of carbonyl (C=O) groups excluding carboxylic acids is 4. The summed E-state index contributed by atoms with van der Waals surface area (Å²) in [4.78, 5) is 52.6. The molecule has 8 unspecified atom stereocenters. The normalized spacial score (nSPS) is 42.6. The molecular weight excluding hydrogens is 356 g/mol. The molecule has 0 aromatic heterocycles. The molecule has 4 aliphatic rings. The van der Waals surface area contributed by atoms with Crippen LogP contribution in [-0.2, 0) is 19.2 Å². The summed E-state index contributed by atoms with van der Waals surface area (Å²) in [6.07, 6.45) is 8.99. The fourth-order valence-corrected chi connectivity index (χ4v) is 5.91. The van der Waals surface area contributed by atoms with Gasteiger partial charge in [0.15, 0.2) is 0 Å². The molecule has 8 atom stereocenters. The number of allylic oxidation sites excluding steroid dienone is 4. The van der Waals surface area contributed by atoms with E-state index in [4.69, 9.17) is 0 Å². The van der Waals surface area contributed by atoms with Gasteiger partial charge in [-0.05, 0) is 36.5 Å². The van der Waals surface area contributed by atoms with Crippen LogP contribution in [-0.4, -0.2) is 47.5 Å². The Morgan fingerprint density at radius 1 is 0.643 bits per heavy atom. The summed E-state index contributed by atoms with van der Waals surface area (Å²) in [5, 5.41) is 0. The van der Waals surface area contributed by atoms with E-state index < -0.39 is 0 Å². The fraction of sp³-hybridized carbons (Fsp3) is 0.545. The summed E-state index contributed by atoms with van der Waals surface area (Å²) in [7, 11) is 3.08. The van der Waals surface area contributed by atoms with Gasteiger partial charge in [-0.1, -0.05) is 24.3 Å². The number of likely N-dealkylation sites (tertiary alicyclic amines) is 2. The van der Waals surface area contributed by atoms with Gasteiger partial charge in [0.1, 0.15) is 0 Å². The molecule has 4 fully saturated rings. The van der Waals surface area contributed by atoms with E-state index in [-0.39, 0.29) is 71.0 Å². The van der Waals surface area contributed by atoms with Crippen LogP contribution in [0.5, 0.6) is 0 Å². The van der Waals surface area contributed by atoms with E-state index in [9.17, 15) is 19.2 Å². The van der Waals surface area contributed by atoms with Gasteiger partial charge in [-0.2, -0.15) is 0 Å². The van der Waals surface area contributed by atoms with Gasteiger partial charge in [-0.25, -0.2) is 0 Å². The first kappa shape index (κ1) is 18.8. The topological polar surface area (TPSA) is 74.8 Å². The number of imide groups is 2. The van der Waals surface area contributed by atoms with E-state index in [1.54, 1.807) is 26.2 Å². The Morgan fingerprint density at radius 2 is 0.929 bits per heavy atom. The van der Waals surface area contributed by atoms with Crippen molar-refractivity contribution < 1.29 is 19.2 Å². The average Bonchev–Trinajstić information content (AvgIpc) is 3.37. The van der Waals surface area contributed by atoms with Crippen LogP contribution < -0.4 is 0 Å². The maximum atomic E-state index is 12.6. The summed E-state index contributed by atoms with van der Waals surface area (Å²) >= 11 is 0. The van der Waals surface area contributed by atoms with E-state index in [0.29, 0.717) is 12.8 Å². The minimum atomic E-state index is -0.354. The summed E-state index contributed by atoms with van der Waals surface area (Å²) < 4.78 is 0. The van der Waals surface area contributed by atoms with Crippen LogP contribution in [0.4, 0.5) is 0 Å². The number of amides is 4. The van der Waals surface area contributed by atoms with Crippen molar-refractivity contribution >= 4 is 23.6 Å². The van der Waals surface area contributed by atoms with Gasteiger partial charge < -0.3 is 0 Å². The molecule has 6 heteroatoms. The zero-order valence-electron chi connectivity index (χ0n) is 16.3. The lowest BCUT2D eigenvalue weighted by Gasteiger charge is -2.17. The number of carbonyl (C=O) groups is 4. The molecule has 2 saturated carbocycles. The lowest BCUT2D eigenvalue weighted by atomic mass is 9.86. The van der Waals surface area contributed by atoms with Crippen molar-refractivity contribution in [3.05, 3.63) is 37.5 Å². The number of nitrogens with zero attached hydrogens (tertiary/aromatic N) is 2. The molecule has 4 rings (SSSR count). The van der Waals surface area contributed by atoms with E-state index in [2.05, 4.69) is 13.2 Å². The molecule has 2 saturated heterocycles. The number of hydrogen-bond donors (Lipinski definition) is 0. The predicted octanol–water partition coefficient (Wildman–Crippen LogP) is 1.65. The Morgan fingerprint density at radius 3 is 1.21 bits per heavy atom. The second-order valence-corrected chi connectivity index (χ2v) is 8.56. The summed E-state index contributed by atoms with van der Waals surface area (Å²) in [5.41, 5.74) is 0. The van der Waals surface area contributed by atoms with Crippen molar-refractivity contribution in [1.29, 1.82) is 0 Å². The molecular formula is C22H26N2O4. The van der Waals surface area contributed by atoms with Crippen molar-refractivity contribution in [3.8, 4) is 0 Å². The second-order valence-electron chi connectivity index (χ2n) is 8.56. The lowest BCUT2D eigenvalue weighted by Crippen LogP contribution is -2.29. The third-order valence-corrected chi connectivity index (χ3v) is 7.38. The molecule has 2 aliphatic heterocycles. The molecule has 0 N–H and O–H groups in total. The Hall–Kier alpha value is -2.50. The van der Waals surface area contributed by atoms with Gasteiger partial charge in [0.05, 0.1) is 23.7 Å². The second kappa shape index (κ2) is 6.54. The first-order valence-corrected chi connectivity index (χ1v) is 9.88. The molecule has 6 nitrogen and oxygen atoms in total. The molecule has 0 radical (unpaired) electrons. The minimum Gasteiger partial charge on any atom is -0.285 e. The molecule has 0 aromatic carbocycles. The van der Waals surface area contributed by atoms with Gasteiger partial charge in [0.25, 0.3) is 0 Å². The third-order valence-electron chi connectivity index (χ3n) is 7.38. The summed E-state index contributed by atoms with van der Waals surface area (Å²) in [5.74, 6) is -2.02. The maximum absolute atomic E-state index is 12.6. The van der Waals surface area contributed by atoms with Crippen LogP contribution in [0, 0.1) is 47.3 Å². The van der Waals surface area contributed by atoms with E-state index in [1.807, 2.05) is 12.2 Å². The summed E-state index contributed by atoms with van der Waals surface area (Å²) in [6, 6.07) is 0. The Kier molecular flexibility index (Phi) is 4.40. The van der Waals surface area contributed by atoms with Crippen LogP contribution >= 0.6 is 0 Å². The third kappa shape index (κ3) is 2.39. The largest absolute Gasteiger partial charge is 0.285 e. The SMILES string of the molecule is C=CC1CC(/C=C/C2CC(C=C)C3C(=O)N(C)C(=O)C23)C2C(=O)N(C)C(=O)C12. The molecule has 0 spiro atoms. The van der Waals surface area contributed by atoms with Crippen molar-refractivity contribution in [3.63, 3.8) is 0 Å². The van der Waals surface area contributed by atoms with Gasteiger partial charge in [-0.15, -0.1) is 13.2 Å². The highest BCUT2D eigenvalue weighted by Gasteiger charge is 2.58. The summed E-state index contributed by atoms with van der Waals surface area (Å²) in [6.45, 7) is 7.69. The zero-order valence-corrected chi connectivity index (χ0v) is 16.3. The van der Waals surface area contributed by atoms with Crippen molar-refractivity contribution in [2.45, 2.75) is 12.8 Å². The molecule has 0 bridgehead atoms. The highest BCUT2D eigenvalue weighted by atomic mass is 16.2. The molecule has 4 amide bonds. The van der Waals surface area contributed by atoms with Gasteiger partial charge in [0.2, 0.25) is 23.6 Å². The number of rotatable bonds is 4. The molecule has 28 heavy (non-hydrogen) atoms. The lowest BCUT2D eigenvalue weighted by molar-refractivity contribution is -0.140. The van der Waals surface area contributed by atoms with E-state index in [0.717, 1.165) is 0 Å². The van der Waals surface area contributed by atoms with Crippen LogP contribution in [0.3, 0.4) is 0 Å². The van der Waals surface area contributed by atoms with Gasteiger partial charge in [-0.3, -0.25) is 29.0 Å².